The Morgan fingerprint density at radius 2 is 2.08 bits per heavy atom. The van der Waals surface area contributed by atoms with Crippen molar-refractivity contribution in [3.05, 3.63) is 53.0 Å². The maximum absolute atomic E-state index is 12.4. The standard InChI is InChI=1S/C18H21N3O3S/c1-14-12-19-18(25-14)20-16(22)13-21(10-11-24-2)17(23)9-8-15-6-4-3-5-7-15/h3-9,12H,10-11,13H2,1-2H3,(H,19,20,22)/b9-8+. The van der Waals surface area contributed by atoms with Crippen molar-refractivity contribution in [1.82, 2.24) is 9.88 Å². The van der Waals surface area contributed by atoms with Crippen LogP contribution >= 0.6 is 11.3 Å². The van der Waals surface area contributed by atoms with Crippen molar-refractivity contribution in [1.29, 1.82) is 0 Å². The molecule has 0 spiro atoms. The summed E-state index contributed by atoms with van der Waals surface area (Å²) in [6, 6.07) is 9.52. The molecule has 0 saturated heterocycles. The van der Waals surface area contributed by atoms with Crippen molar-refractivity contribution in [2.24, 2.45) is 0 Å². The van der Waals surface area contributed by atoms with Gasteiger partial charge in [-0.2, -0.15) is 0 Å². The summed E-state index contributed by atoms with van der Waals surface area (Å²) in [6.45, 7) is 2.55. The van der Waals surface area contributed by atoms with E-state index in [9.17, 15) is 9.59 Å². The topological polar surface area (TPSA) is 71.5 Å². The molecule has 25 heavy (non-hydrogen) atoms. The van der Waals surface area contributed by atoms with Gasteiger partial charge in [0, 0.05) is 30.8 Å². The van der Waals surface area contributed by atoms with Crippen LogP contribution in [0.2, 0.25) is 0 Å². The number of amides is 2. The Morgan fingerprint density at radius 3 is 2.72 bits per heavy atom. The molecule has 0 aliphatic carbocycles. The molecule has 0 unspecified atom stereocenters. The van der Waals surface area contributed by atoms with Gasteiger partial charge in [-0.25, -0.2) is 4.98 Å². The summed E-state index contributed by atoms with van der Waals surface area (Å²) in [5, 5.41) is 3.24. The number of nitrogens with zero attached hydrogens (tertiary/aromatic N) is 2. The highest BCUT2D eigenvalue weighted by Crippen LogP contribution is 2.16. The van der Waals surface area contributed by atoms with Crippen LogP contribution in [0, 0.1) is 6.92 Å². The zero-order valence-corrected chi connectivity index (χ0v) is 15.1. The van der Waals surface area contributed by atoms with Gasteiger partial charge in [-0.1, -0.05) is 30.3 Å². The van der Waals surface area contributed by atoms with Crippen LogP contribution in [0.5, 0.6) is 0 Å². The Kier molecular flexibility index (Phi) is 7.31. The fraction of sp³-hybridized carbons (Fsp3) is 0.278. The number of aromatic nitrogens is 1. The van der Waals surface area contributed by atoms with E-state index in [1.807, 2.05) is 37.3 Å². The molecular weight excluding hydrogens is 338 g/mol. The molecule has 0 bridgehead atoms. The number of methoxy groups -OCH3 is 1. The Bertz CT molecular complexity index is 728. The Balaban J connectivity index is 1.97. The van der Waals surface area contributed by atoms with E-state index in [1.165, 1.54) is 22.3 Å². The number of benzene rings is 1. The number of nitrogens with one attached hydrogen (secondary N) is 1. The SMILES string of the molecule is COCCN(CC(=O)Nc1ncc(C)s1)C(=O)/C=C/c1ccccc1. The normalized spacial score (nSPS) is 10.8. The van der Waals surface area contributed by atoms with Crippen molar-refractivity contribution >= 4 is 34.4 Å². The molecule has 0 radical (unpaired) electrons. The van der Waals surface area contributed by atoms with Gasteiger partial charge in [0.1, 0.15) is 6.54 Å². The van der Waals surface area contributed by atoms with E-state index in [4.69, 9.17) is 4.74 Å². The van der Waals surface area contributed by atoms with Gasteiger partial charge in [-0.05, 0) is 18.6 Å². The minimum Gasteiger partial charge on any atom is -0.383 e. The molecule has 2 aromatic rings. The number of hydrogen-bond acceptors (Lipinski definition) is 5. The number of rotatable bonds is 8. The van der Waals surface area contributed by atoms with Crippen LogP contribution in [-0.2, 0) is 14.3 Å². The van der Waals surface area contributed by atoms with E-state index in [2.05, 4.69) is 10.3 Å². The Hall–Kier alpha value is -2.51. The van der Waals surface area contributed by atoms with Crippen LogP contribution in [-0.4, -0.2) is 48.5 Å². The molecule has 1 N–H and O–H groups in total. The molecule has 6 nitrogen and oxygen atoms in total. The average Bonchev–Trinajstić information content (AvgIpc) is 3.02. The lowest BCUT2D eigenvalue weighted by Gasteiger charge is -2.20. The fourth-order valence-electron chi connectivity index (χ4n) is 2.05. The average molecular weight is 359 g/mol. The monoisotopic (exact) mass is 359 g/mol. The van der Waals surface area contributed by atoms with E-state index >= 15 is 0 Å². The third-order valence-electron chi connectivity index (χ3n) is 3.30. The zero-order chi connectivity index (χ0) is 18.1. The van der Waals surface area contributed by atoms with Gasteiger partial charge in [-0.15, -0.1) is 11.3 Å². The van der Waals surface area contributed by atoms with E-state index in [1.54, 1.807) is 19.4 Å². The fourth-order valence-corrected chi connectivity index (χ4v) is 2.73. The third kappa shape index (κ3) is 6.48. The van der Waals surface area contributed by atoms with E-state index in [-0.39, 0.29) is 18.4 Å². The highest BCUT2D eigenvalue weighted by Gasteiger charge is 2.16. The van der Waals surface area contributed by atoms with Crippen molar-refractivity contribution in [3.8, 4) is 0 Å². The molecular formula is C18H21N3O3S. The molecule has 0 saturated carbocycles. The minimum atomic E-state index is -0.285. The molecule has 1 heterocycles. The number of carbonyl (C=O) groups excluding carboxylic acids is 2. The third-order valence-corrected chi connectivity index (χ3v) is 4.13. The van der Waals surface area contributed by atoms with Gasteiger partial charge in [0.2, 0.25) is 11.8 Å². The lowest BCUT2D eigenvalue weighted by molar-refractivity contribution is -0.131. The molecule has 2 rings (SSSR count). The van der Waals surface area contributed by atoms with Gasteiger partial charge in [0.25, 0.3) is 0 Å². The van der Waals surface area contributed by atoms with E-state index in [0.29, 0.717) is 18.3 Å². The lowest BCUT2D eigenvalue weighted by Crippen LogP contribution is -2.39. The predicted octanol–water partition coefficient (Wildman–Crippen LogP) is 2.58. The molecule has 0 fully saturated rings. The summed E-state index contributed by atoms with van der Waals surface area (Å²) >= 11 is 1.39. The van der Waals surface area contributed by atoms with Crippen LogP contribution in [0.15, 0.2) is 42.6 Å². The summed E-state index contributed by atoms with van der Waals surface area (Å²) in [5.41, 5.74) is 0.922. The molecule has 132 valence electrons. The Morgan fingerprint density at radius 1 is 1.32 bits per heavy atom. The number of hydrogen-bond donors (Lipinski definition) is 1. The predicted molar refractivity (Wildman–Crippen MR) is 99.4 cm³/mol. The van der Waals surface area contributed by atoms with Gasteiger partial charge in [0.05, 0.1) is 6.61 Å². The first-order chi connectivity index (χ1) is 12.1. The molecule has 1 aromatic heterocycles. The van der Waals surface area contributed by atoms with Crippen molar-refractivity contribution in [2.45, 2.75) is 6.92 Å². The first-order valence-corrected chi connectivity index (χ1v) is 8.63. The molecule has 1 aromatic carbocycles. The summed E-state index contributed by atoms with van der Waals surface area (Å²) < 4.78 is 5.03. The molecule has 0 aliphatic heterocycles. The van der Waals surface area contributed by atoms with Gasteiger partial charge < -0.3 is 15.0 Å². The van der Waals surface area contributed by atoms with Crippen molar-refractivity contribution < 1.29 is 14.3 Å². The highest BCUT2D eigenvalue weighted by atomic mass is 32.1. The first-order valence-electron chi connectivity index (χ1n) is 7.81. The molecule has 2 amide bonds. The maximum atomic E-state index is 12.4. The number of ether oxygens (including phenoxy) is 1. The number of aryl methyl sites for hydroxylation is 1. The van der Waals surface area contributed by atoms with Crippen molar-refractivity contribution in [3.63, 3.8) is 0 Å². The van der Waals surface area contributed by atoms with Gasteiger partial charge >= 0.3 is 0 Å². The van der Waals surface area contributed by atoms with Crippen LogP contribution in [0.4, 0.5) is 5.13 Å². The van der Waals surface area contributed by atoms with Crippen LogP contribution in [0.25, 0.3) is 6.08 Å². The largest absolute Gasteiger partial charge is 0.383 e. The second-order valence-electron chi connectivity index (χ2n) is 5.32. The summed E-state index contributed by atoms with van der Waals surface area (Å²) in [5.74, 6) is -0.529. The smallest absolute Gasteiger partial charge is 0.247 e. The zero-order valence-electron chi connectivity index (χ0n) is 14.3. The lowest BCUT2D eigenvalue weighted by atomic mass is 10.2. The molecule has 7 heteroatoms. The number of thiazole rings is 1. The van der Waals surface area contributed by atoms with E-state index < -0.39 is 0 Å². The van der Waals surface area contributed by atoms with Gasteiger partial charge in [0.15, 0.2) is 5.13 Å². The quantitative estimate of drug-likeness (QED) is 0.736. The molecule has 0 aliphatic rings. The number of carbonyl (C=O) groups is 2. The minimum absolute atomic E-state index is 0.0556. The summed E-state index contributed by atoms with van der Waals surface area (Å²) in [4.78, 5) is 31.1. The second kappa shape index (κ2) is 9.71. The summed E-state index contributed by atoms with van der Waals surface area (Å²) in [7, 11) is 1.56. The second-order valence-corrected chi connectivity index (χ2v) is 6.56. The number of anilines is 1. The van der Waals surface area contributed by atoms with E-state index in [0.717, 1.165) is 10.4 Å². The Labute approximate surface area is 151 Å². The van der Waals surface area contributed by atoms with Crippen LogP contribution in [0.1, 0.15) is 10.4 Å². The highest BCUT2D eigenvalue weighted by molar-refractivity contribution is 7.15. The molecule has 0 atom stereocenters. The first kappa shape index (κ1) is 18.8. The van der Waals surface area contributed by atoms with Crippen LogP contribution < -0.4 is 5.32 Å². The van der Waals surface area contributed by atoms with Gasteiger partial charge in [-0.3, -0.25) is 9.59 Å². The van der Waals surface area contributed by atoms with Crippen molar-refractivity contribution in [2.75, 3.05) is 32.1 Å². The summed E-state index contributed by atoms with van der Waals surface area (Å²) in [6.07, 6.45) is 4.88. The van der Waals surface area contributed by atoms with Crippen LogP contribution in [0.3, 0.4) is 0 Å². The maximum Gasteiger partial charge on any atom is 0.247 e.